The van der Waals surface area contributed by atoms with Gasteiger partial charge in [-0.15, -0.1) is 0 Å². The lowest BCUT2D eigenvalue weighted by Crippen LogP contribution is -2.45. The first kappa shape index (κ1) is 15.7. The molecule has 0 radical (unpaired) electrons. The largest absolute Gasteiger partial charge is 0.368 e. The number of hydrogen-bond donors (Lipinski definition) is 3. The first-order valence-electron chi connectivity index (χ1n) is 7.59. The number of nitrogens with two attached hydrogens (primary N) is 1. The van der Waals surface area contributed by atoms with Gasteiger partial charge in [0.2, 0.25) is 11.8 Å². The predicted molar refractivity (Wildman–Crippen MR) is 88.0 cm³/mol. The minimum atomic E-state index is -0.913. The van der Waals surface area contributed by atoms with Crippen molar-refractivity contribution < 1.29 is 14.4 Å². The highest BCUT2D eigenvalue weighted by Crippen LogP contribution is 2.25. The van der Waals surface area contributed by atoms with Crippen LogP contribution in [0.3, 0.4) is 0 Å². The molecule has 0 fully saturated rings. The summed E-state index contributed by atoms with van der Waals surface area (Å²) in [5.74, 6) is -1.76. The van der Waals surface area contributed by atoms with E-state index in [2.05, 4.69) is 10.6 Å². The zero-order valence-corrected chi connectivity index (χ0v) is 12.9. The van der Waals surface area contributed by atoms with Crippen LogP contribution in [-0.2, 0) is 9.59 Å². The molecule has 2 unspecified atom stereocenters. The monoisotopic (exact) mass is 323 g/mol. The van der Waals surface area contributed by atoms with Crippen molar-refractivity contribution in [2.24, 2.45) is 5.73 Å². The molecule has 0 bridgehead atoms. The van der Waals surface area contributed by atoms with Crippen molar-refractivity contribution in [1.29, 1.82) is 0 Å². The van der Waals surface area contributed by atoms with Gasteiger partial charge in [-0.2, -0.15) is 0 Å². The van der Waals surface area contributed by atoms with E-state index in [1.165, 1.54) is 0 Å². The van der Waals surface area contributed by atoms with E-state index < -0.39 is 17.9 Å². The van der Waals surface area contributed by atoms with Crippen molar-refractivity contribution in [2.45, 2.75) is 12.0 Å². The summed E-state index contributed by atoms with van der Waals surface area (Å²) in [6.07, 6.45) is 0. The molecule has 6 heteroatoms. The number of hydrogen-bond acceptors (Lipinski definition) is 3. The number of amides is 3. The summed E-state index contributed by atoms with van der Waals surface area (Å²) in [4.78, 5) is 36.3. The van der Waals surface area contributed by atoms with Crippen molar-refractivity contribution in [1.82, 2.24) is 10.6 Å². The molecule has 24 heavy (non-hydrogen) atoms. The molecule has 2 atom stereocenters. The van der Waals surface area contributed by atoms with Crippen LogP contribution in [0.1, 0.15) is 33.4 Å². The van der Waals surface area contributed by atoms with Gasteiger partial charge in [0.1, 0.15) is 6.04 Å². The molecule has 1 aliphatic heterocycles. The van der Waals surface area contributed by atoms with Gasteiger partial charge in [0, 0.05) is 12.1 Å². The third-order valence-corrected chi connectivity index (χ3v) is 4.07. The number of benzene rings is 2. The standard InChI is InChI=1S/C18H17N3O3/c19-16(22)15(11-6-2-1-3-7-11)21-18(24)14-10-20-17(23)13-9-5-4-8-12(13)14/h1-9,14-15H,10H2,(H2,19,22)(H,20,23)(H,21,24). The van der Waals surface area contributed by atoms with Gasteiger partial charge in [-0.3, -0.25) is 14.4 Å². The van der Waals surface area contributed by atoms with Gasteiger partial charge in [-0.1, -0.05) is 48.5 Å². The van der Waals surface area contributed by atoms with Gasteiger partial charge < -0.3 is 16.4 Å². The van der Waals surface area contributed by atoms with Crippen LogP contribution in [0.4, 0.5) is 0 Å². The van der Waals surface area contributed by atoms with Gasteiger partial charge in [-0.25, -0.2) is 0 Å². The molecule has 122 valence electrons. The Morgan fingerprint density at radius 1 is 1.08 bits per heavy atom. The van der Waals surface area contributed by atoms with Crippen LogP contribution in [-0.4, -0.2) is 24.3 Å². The van der Waals surface area contributed by atoms with Crippen LogP contribution >= 0.6 is 0 Å². The maximum atomic E-state index is 12.7. The van der Waals surface area contributed by atoms with Crippen molar-refractivity contribution >= 4 is 17.7 Å². The normalized spacial score (nSPS) is 17.3. The van der Waals surface area contributed by atoms with Crippen LogP contribution in [0.25, 0.3) is 0 Å². The molecule has 1 aliphatic rings. The number of primary amides is 1. The summed E-state index contributed by atoms with van der Waals surface area (Å²) in [5, 5.41) is 5.39. The molecule has 0 aromatic heterocycles. The first-order chi connectivity index (χ1) is 11.6. The van der Waals surface area contributed by atoms with E-state index in [0.717, 1.165) is 0 Å². The maximum Gasteiger partial charge on any atom is 0.251 e. The third-order valence-electron chi connectivity index (χ3n) is 4.07. The molecule has 0 aliphatic carbocycles. The van der Waals surface area contributed by atoms with E-state index in [0.29, 0.717) is 16.7 Å². The summed E-state index contributed by atoms with van der Waals surface area (Å²) in [6.45, 7) is 0.182. The first-order valence-corrected chi connectivity index (χ1v) is 7.59. The SMILES string of the molecule is NC(=O)C(NC(=O)C1CNC(=O)c2ccccc21)c1ccccc1. The molecule has 2 aromatic rings. The number of carbonyl (C=O) groups excluding carboxylic acids is 3. The molecule has 1 heterocycles. The number of nitrogens with one attached hydrogen (secondary N) is 2. The van der Waals surface area contributed by atoms with Gasteiger partial charge in [0.25, 0.3) is 5.91 Å². The topological polar surface area (TPSA) is 101 Å². The lowest BCUT2D eigenvalue weighted by molar-refractivity contribution is -0.128. The van der Waals surface area contributed by atoms with Crippen molar-refractivity contribution in [3.05, 3.63) is 71.3 Å². The number of rotatable bonds is 4. The lowest BCUT2D eigenvalue weighted by atomic mass is 9.89. The Labute approximate surface area is 139 Å². The van der Waals surface area contributed by atoms with Crippen LogP contribution in [0, 0.1) is 0 Å². The van der Waals surface area contributed by atoms with Gasteiger partial charge >= 0.3 is 0 Å². The Morgan fingerprint density at radius 2 is 1.75 bits per heavy atom. The Morgan fingerprint density at radius 3 is 2.46 bits per heavy atom. The zero-order chi connectivity index (χ0) is 17.1. The quantitative estimate of drug-likeness (QED) is 0.777. The molecular formula is C18H17N3O3. The summed E-state index contributed by atoms with van der Waals surface area (Å²) in [7, 11) is 0. The highest BCUT2D eigenvalue weighted by molar-refractivity contribution is 6.01. The smallest absolute Gasteiger partial charge is 0.251 e. The predicted octanol–water partition coefficient (Wildman–Crippen LogP) is 0.856. The molecule has 0 spiro atoms. The summed E-state index contributed by atoms with van der Waals surface area (Å²) >= 11 is 0. The minimum absolute atomic E-state index is 0.182. The molecule has 6 nitrogen and oxygen atoms in total. The van der Waals surface area contributed by atoms with E-state index in [1.807, 2.05) is 6.07 Å². The molecule has 3 rings (SSSR count). The Kier molecular flexibility index (Phi) is 4.29. The second kappa shape index (κ2) is 6.54. The fourth-order valence-corrected chi connectivity index (χ4v) is 2.85. The zero-order valence-electron chi connectivity index (χ0n) is 12.9. The van der Waals surface area contributed by atoms with Gasteiger partial charge in [0.05, 0.1) is 5.92 Å². The fraction of sp³-hybridized carbons (Fsp3) is 0.167. The summed E-state index contributed by atoms with van der Waals surface area (Å²) in [6, 6.07) is 14.8. The molecular weight excluding hydrogens is 306 g/mol. The van der Waals surface area contributed by atoms with Crippen LogP contribution in [0.5, 0.6) is 0 Å². The van der Waals surface area contributed by atoms with Gasteiger partial charge in [0.15, 0.2) is 0 Å². The lowest BCUT2D eigenvalue weighted by Gasteiger charge is -2.26. The van der Waals surface area contributed by atoms with Crippen LogP contribution in [0.15, 0.2) is 54.6 Å². The average molecular weight is 323 g/mol. The van der Waals surface area contributed by atoms with Gasteiger partial charge in [-0.05, 0) is 17.2 Å². The maximum absolute atomic E-state index is 12.7. The van der Waals surface area contributed by atoms with E-state index in [4.69, 9.17) is 5.73 Å². The molecule has 2 aromatic carbocycles. The van der Waals surface area contributed by atoms with Crippen molar-refractivity contribution in [2.75, 3.05) is 6.54 Å². The summed E-state index contributed by atoms with van der Waals surface area (Å²) in [5.41, 5.74) is 7.18. The highest BCUT2D eigenvalue weighted by atomic mass is 16.2. The Bertz CT molecular complexity index is 789. The molecule has 0 saturated heterocycles. The number of carbonyl (C=O) groups is 3. The second-order valence-electron chi connectivity index (χ2n) is 5.60. The number of fused-ring (bicyclic) bond motifs is 1. The van der Waals surface area contributed by atoms with E-state index >= 15 is 0 Å². The molecule has 3 amide bonds. The van der Waals surface area contributed by atoms with Crippen molar-refractivity contribution in [3.63, 3.8) is 0 Å². The van der Waals surface area contributed by atoms with Crippen molar-refractivity contribution in [3.8, 4) is 0 Å². The van der Waals surface area contributed by atoms with Crippen LogP contribution in [0.2, 0.25) is 0 Å². The average Bonchev–Trinajstić information content (AvgIpc) is 2.60. The third kappa shape index (κ3) is 2.99. The molecule has 4 N–H and O–H groups in total. The van der Waals surface area contributed by atoms with E-state index in [-0.39, 0.29) is 18.4 Å². The Hall–Kier alpha value is -3.15. The van der Waals surface area contributed by atoms with E-state index in [1.54, 1.807) is 48.5 Å². The van der Waals surface area contributed by atoms with E-state index in [9.17, 15) is 14.4 Å². The second-order valence-corrected chi connectivity index (χ2v) is 5.60. The molecule has 0 saturated carbocycles. The summed E-state index contributed by atoms with van der Waals surface area (Å²) < 4.78 is 0. The van der Waals surface area contributed by atoms with Crippen LogP contribution < -0.4 is 16.4 Å². The Balaban J connectivity index is 1.86. The fourth-order valence-electron chi connectivity index (χ4n) is 2.85. The highest BCUT2D eigenvalue weighted by Gasteiger charge is 2.32. The minimum Gasteiger partial charge on any atom is -0.368 e.